The predicted molar refractivity (Wildman–Crippen MR) is 86.7 cm³/mol. The fourth-order valence-electron chi connectivity index (χ4n) is 3.04. The summed E-state index contributed by atoms with van der Waals surface area (Å²) in [5, 5.41) is 3.80. The summed E-state index contributed by atoms with van der Waals surface area (Å²) in [4.78, 5) is 26.4. The molecule has 1 amide bonds. The summed E-state index contributed by atoms with van der Waals surface area (Å²) in [6.45, 7) is 1.17. The van der Waals surface area contributed by atoms with Gasteiger partial charge in [-0.05, 0) is 12.1 Å². The second kappa shape index (κ2) is 5.30. The molecule has 1 saturated heterocycles. The normalized spacial score (nSPS) is 14.8. The monoisotopic (exact) mass is 335 g/mol. The molecule has 5 rings (SSSR count). The van der Waals surface area contributed by atoms with E-state index in [1.54, 1.807) is 11.0 Å². The summed E-state index contributed by atoms with van der Waals surface area (Å²) >= 11 is 0. The lowest BCUT2D eigenvalue weighted by Gasteiger charge is -2.37. The first kappa shape index (κ1) is 14.0. The van der Waals surface area contributed by atoms with Crippen LogP contribution in [-0.2, 0) is 0 Å². The minimum absolute atomic E-state index is 0.181. The molecule has 25 heavy (non-hydrogen) atoms. The van der Waals surface area contributed by atoms with Gasteiger partial charge in [-0.1, -0.05) is 17.3 Å². The number of rotatable bonds is 3. The van der Waals surface area contributed by atoms with E-state index in [9.17, 15) is 4.79 Å². The summed E-state index contributed by atoms with van der Waals surface area (Å²) in [6, 6.07) is 9.52. The van der Waals surface area contributed by atoms with Gasteiger partial charge in [-0.2, -0.15) is 0 Å². The minimum atomic E-state index is -0.181. The number of nitrogens with one attached hydrogen (secondary N) is 1. The quantitative estimate of drug-likeness (QED) is 0.617. The Morgan fingerprint density at radius 2 is 2.12 bits per heavy atom. The molecule has 1 N–H and O–H groups in total. The first-order valence-electron chi connectivity index (χ1n) is 7.88. The number of para-hydroxylation sites is 2. The standard InChI is InChI=1S/C17H13N5O3/c23-17(14-15(24-9-18-14)13-5-6-25-21-13)22-7-10(8-22)16-19-11-3-1-2-4-12(11)20-16/h1-6,9-10H,7-8H2,(H,19,20). The first-order valence-corrected chi connectivity index (χ1v) is 7.88. The number of carbonyl (C=O) groups excluding carboxylic acids is 1. The molecule has 4 heterocycles. The van der Waals surface area contributed by atoms with Crippen molar-refractivity contribution >= 4 is 16.9 Å². The molecule has 0 bridgehead atoms. The number of oxazole rings is 1. The largest absolute Gasteiger partial charge is 0.441 e. The number of imidazole rings is 1. The Bertz CT molecular complexity index is 1010. The van der Waals surface area contributed by atoms with E-state index in [1.807, 2.05) is 24.3 Å². The van der Waals surface area contributed by atoms with Gasteiger partial charge in [0.2, 0.25) is 0 Å². The van der Waals surface area contributed by atoms with Crippen molar-refractivity contribution in [2.24, 2.45) is 0 Å². The third kappa shape index (κ3) is 2.22. The van der Waals surface area contributed by atoms with E-state index in [1.165, 1.54) is 12.7 Å². The molecule has 124 valence electrons. The highest BCUT2D eigenvalue weighted by atomic mass is 16.5. The van der Waals surface area contributed by atoms with Gasteiger partial charge >= 0.3 is 0 Å². The van der Waals surface area contributed by atoms with E-state index in [2.05, 4.69) is 20.1 Å². The lowest BCUT2D eigenvalue weighted by atomic mass is 9.98. The predicted octanol–water partition coefficient (Wildman–Crippen LogP) is 2.45. The van der Waals surface area contributed by atoms with Crippen molar-refractivity contribution in [2.75, 3.05) is 13.1 Å². The zero-order valence-corrected chi connectivity index (χ0v) is 13.0. The maximum absolute atomic E-state index is 12.7. The van der Waals surface area contributed by atoms with Crippen LogP contribution in [0.3, 0.4) is 0 Å². The van der Waals surface area contributed by atoms with Crippen LogP contribution in [0, 0.1) is 0 Å². The number of fused-ring (bicyclic) bond motifs is 1. The highest BCUT2D eigenvalue weighted by molar-refractivity contribution is 5.97. The van der Waals surface area contributed by atoms with Gasteiger partial charge in [0.15, 0.2) is 23.5 Å². The maximum Gasteiger partial charge on any atom is 0.276 e. The molecule has 8 nitrogen and oxygen atoms in total. The molecule has 8 heteroatoms. The van der Waals surface area contributed by atoms with Crippen molar-refractivity contribution in [3.8, 4) is 11.5 Å². The van der Waals surface area contributed by atoms with E-state index < -0.39 is 0 Å². The fourth-order valence-corrected chi connectivity index (χ4v) is 3.04. The maximum atomic E-state index is 12.7. The van der Waals surface area contributed by atoms with Crippen molar-refractivity contribution < 1.29 is 13.7 Å². The highest BCUT2D eigenvalue weighted by Crippen LogP contribution is 2.30. The van der Waals surface area contributed by atoms with Crippen molar-refractivity contribution in [3.63, 3.8) is 0 Å². The number of amides is 1. The number of aromatic amines is 1. The molecule has 3 aromatic heterocycles. The second-order valence-corrected chi connectivity index (χ2v) is 5.96. The van der Waals surface area contributed by atoms with Crippen LogP contribution in [0.4, 0.5) is 0 Å². The molecular weight excluding hydrogens is 322 g/mol. The van der Waals surface area contributed by atoms with Crippen molar-refractivity contribution in [3.05, 3.63) is 54.5 Å². The van der Waals surface area contributed by atoms with Crippen LogP contribution in [0.1, 0.15) is 22.2 Å². The highest BCUT2D eigenvalue weighted by Gasteiger charge is 2.36. The fraction of sp³-hybridized carbons (Fsp3) is 0.176. The number of aromatic nitrogens is 4. The molecule has 1 fully saturated rings. The molecule has 1 aliphatic rings. The topological polar surface area (TPSA) is 101 Å². The summed E-state index contributed by atoms with van der Waals surface area (Å²) < 4.78 is 10.1. The second-order valence-electron chi connectivity index (χ2n) is 5.96. The molecule has 0 unspecified atom stereocenters. The minimum Gasteiger partial charge on any atom is -0.441 e. The van der Waals surface area contributed by atoms with Gasteiger partial charge in [0.25, 0.3) is 5.91 Å². The average molecular weight is 335 g/mol. The van der Waals surface area contributed by atoms with Crippen LogP contribution >= 0.6 is 0 Å². The number of likely N-dealkylation sites (tertiary alicyclic amines) is 1. The van der Waals surface area contributed by atoms with Crippen LogP contribution in [0.5, 0.6) is 0 Å². The molecule has 0 aliphatic carbocycles. The third-order valence-corrected chi connectivity index (χ3v) is 4.40. The number of carbonyl (C=O) groups is 1. The molecule has 1 aromatic carbocycles. The van der Waals surface area contributed by atoms with E-state index in [-0.39, 0.29) is 17.5 Å². The Labute approximate surface area is 141 Å². The zero-order chi connectivity index (χ0) is 16.8. The molecule has 0 atom stereocenters. The molecular formula is C17H13N5O3. The van der Waals surface area contributed by atoms with Gasteiger partial charge in [-0.25, -0.2) is 9.97 Å². The lowest BCUT2D eigenvalue weighted by Crippen LogP contribution is -2.49. The Kier molecular flexibility index (Phi) is 2.96. The van der Waals surface area contributed by atoms with Crippen LogP contribution in [0.2, 0.25) is 0 Å². The first-order chi connectivity index (χ1) is 12.3. The van der Waals surface area contributed by atoms with Gasteiger partial charge in [-0.15, -0.1) is 0 Å². The lowest BCUT2D eigenvalue weighted by molar-refractivity contribution is 0.0590. The van der Waals surface area contributed by atoms with Crippen LogP contribution in [0.25, 0.3) is 22.5 Å². The Balaban J connectivity index is 1.34. The van der Waals surface area contributed by atoms with E-state index in [0.717, 1.165) is 16.9 Å². The average Bonchev–Trinajstić information content (AvgIpc) is 3.32. The van der Waals surface area contributed by atoms with Crippen LogP contribution in [0.15, 0.2) is 51.9 Å². The molecule has 1 aliphatic heterocycles. The van der Waals surface area contributed by atoms with Gasteiger partial charge in [0.05, 0.1) is 17.0 Å². The van der Waals surface area contributed by atoms with Gasteiger partial charge in [-0.3, -0.25) is 4.79 Å². The van der Waals surface area contributed by atoms with Gasteiger partial charge in [0.1, 0.15) is 12.1 Å². The number of nitrogens with zero attached hydrogens (tertiary/aromatic N) is 4. The smallest absolute Gasteiger partial charge is 0.276 e. The Morgan fingerprint density at radius 3 is 2.92 bits per heavy atom. The van der Waals surface area contributed by atoms with Crippen molar-refractivity contribution in [1.82, 2.24) is 25.0 Å². The molecule has 0 saturated carbocycles. The molecule has 0 spiro atoms. The van der Waals surface area contributed by atoms with E-state index >= 15 is 0 Å². The number of hydrogen-bond donors (Lipinski definition) is 1. The number of H-pyrrole nitrogens is 1. The van der Waals surface area contributed by atoms with Crippen LogP contribution in [-0.4, -0.2) is 44.0 Å². The molecule has 4 aromatic rings. The summed E-state index contributed by atoms with van der Waals surface area (Å²) in [5.74, 6) is 1.24. The SMILES string of the molecule is O=C(c1ncoc1-c1ccon1)N1CC(c2nc3ccccc3[nH]2)C1. The number of benzene rings is 1. The summed E-state index contributed by atoms with van der Waals surface area (Å²) in [7, 11) is 0. The van der Waals surface area contributed by atoms with E-state index in [0.29, 0.717) is 24.5 Å². The summed E-state index contributed by atoms with van der Waals surface area (Å²) in [6.07, 6.45) is 2.67. The number of hydrogen-bond acceptors (Lipinski definition) is 6. The Hall–Kier alpha value is -3.42. The van der Waals surface area contributed by atoms with Gasteiger partial charge in [0, 0.05) is 19.2 Å². The van der Waals surface area contributed by atoms with Gasteiger partial charge < -0.3 is 18.8 Å². The Morgan fingerprint density at radius 1 is 1.24 bits per heavy atom. The van der Waals surface area contributed by atoms with Crippen molar-refractivity contribution in [1.29, 1.82) is 0 Å². The van der Waals surface area contributed by atoms with Crippen LogP contribution < -0.4 is 0 Å². The van der Waals surface area contributed by atoms with Crippen molar-refractivity contribution in [2.45, 2.75) is 5.92 Å². The third-order valence-electron chi connectivity index (χ3n) is 4.40. The van der Waals surface area contributed by atoms with E-state index in [4.69, 9.17) is 8.94 Å². The summed E-state index contributed by atoms with van der Waals surface area (Å²) in [5.41, 5.74) is 2.64. The molecule has 0 radical (unpaired) electrons. The zero-order valence-electron chi connectivity index (χ0n) is 13.0.